The maximum atomic E-state index is 3.06. The molecule has 0 amide bonds. The molecule has 4 heteroatoms. The van der Waals surface area contributed by atoms with Gasteiger partial charge in [-0.15, -0.1) is 0 Å². The topological polar surface area (TPSA) is 12.0 Å². The van der Waals surface area contributed by atoms with Gasteiger partial charge in [-0.3, -0.25) is 0 Å². The molecule has 4 atom stereocenters. The van der Waals surface area contributed by atoms with Gasteiger partial charge in [0, 0.05) is 28.2 Å². The zero-order chi connectivity index (χ0) is 10.3. The molecule has 0 aliphatic carbocycles. The lowest BCUT2D eigenvalue weighted by atomic mass is 10.5. The summed E-state index contributed by atoms with van der Waals surface area (Å²) in [6, 6.07) is 0. The maximum absolute atomic E-state index is 3.06. The Hall–Kier alpha value is -1.04. The van der Waals surface area contributed by atoms with Crippen LogP contribution in [0.2, 0.25) is 0 Å². The fourth-order valence-corrected chi connectivity index (χ4v) is 1.31. The van der Waals surface area contributed by atoms with Crippen LogP contribution in [0.15, 0.2) is 0 Å². The molecule has 0 aromatic carbocycles. The number of hydrazine groups is 2. The molecule has 0 bridgehead atoms. The number of nitrogens with zero attached hydrogens (tertiary/aromatic N) is 4. The Morgan fingerprint density at radius 3 is 1.14 bits per heavy atom. The summed E-state index contributed by atoms with van der Waals surface area (Å²) in [7, 11) is 8.04. The molecule has 74 valence electrons. The first-order valence-electron chi connectivity index (χ1n) is 4.55. The minimum absolute atomic E-state index is 0.263. The monoisotopic (exact) mass is 190 g/mol. The molecule has 0 N–H and O–H groups in total. The van der Waals surface area contributed by atoms with E-state index in [1.54, 1.807) is 0 Å². The Balaban J connectivity index is 1.82. The van der Waals surface area contributed by atoms with Gasteiger partial charge in [0.1, 0.15) is 0 Å². The van der Waals surface area contributed by atoms with Gasteiger partial charge < -0.3 is 0 Å². The molecule has 2 aliphatic rings. The molecule has 0 radical (unpaired) electrons. The van der Waals surface area contributed by atoms with Crippen LogP contribution < -0.4 is 0 Å². The van der Waals surface area contributed by atoms with Gasteiger partial charge in [0.05, 0.1) is 0 Å². The molecule has 2 aliphatic heterocycles. The van der Waals surface area contributed by atoms with Gasteiger partial charge in [0.2, 0.25) is 0 Å². The Morgan fingerprint density at radius 1 is 0.643 bits per heavy atom. The van der Waals surface area contributed by atoms with Gasteiger partial charge in [-0.2, -0.15) is 0 Å². The summed E-state index contributed by atoms with van der Waals surface area (Å²) in [5.41, 5.74) is 0. The number of hydrogen-bond donors (Lipinski definition) is 0. The van der Waals surface area contributed by atoms with Crippen molar-refractivity contribution in [2.45, 2.75) is 12.3 Å². The highest BCUT2D eigenvalue weighted by Gasteiger charge is 2.37. The SMILES string of the molecule is CN1C(C#CC#CC2N(C)N2C)N1C. The van der Waals surface area contributed by atoms with E-state index in [2.05, 4.69) is 43.7 Å². The fourth-order valence-electron chi connectivity index (χ4n) is 1.31. The van der Waals surface area contributed by atoms with Crippen molar-refractivity contribution in [3.05, 3.63) is 0 Å². The predicted molar refractivity (Wildman–Crippen MR) is 54.2 cm³/mol. The summed E-state index contributed by atoms with van der Waals surface area (Å²) in [4.78, 5) is 0. The van der Waals surface area contributed by atoms with Gasteiger partial charge in [-0.05, 0) is 11.8 Å². The lowest BCUT2D eigenvalue weighted by Crippen LogP contribution is -1.91. The van der Waals surface area contributed by atoms with Gasteiger partial charge in [0.25, 0.3) is 0 Å². The summed E-state index contributed by atoms with van der Waals surface area (Å²) >= 11 is 0. The van der Waals surface area contributed by atoms with E-state index in [1.165, 1.54) is 0 Å². The first-order chi connectivity index (χ1) is 6.63. The van der Waals surface area contributed by atoms with E-state index in [0.717, 1.165) is 0 Å². The molecule has 2 rings (SSSR count). The van der Waals surface area contributed by atoms with Crippen molar-refractivity contribution in [2.24, 2.45) is 0 Å². The van der Waals surface area contributed by atoms with Crippen LogP contribution in [-0.4, -0.2) is 60.6 Å². The zero-order valence-corrected chi connectivity index (χ0v) is 8.94. The summed E-state index contributed by atoms with van der Waals surface area (Å²) < 4.78 is 0. The standard InChI is InChI=1S/C10H14N4/c1-11-9(12(11)2)7-5-6-8-10-13(3)14(10)4/h9-10H,1-4H3. The van der Waals surface area contributed by atoms with Gasteiger partial charge in [-0.1, -0.05) is 11.8 Å². The van der Waals surface area contributed by atoms with Crippen LogP contribution in [0.4, 0.5) is 0 Å². The second-order valence-corrected chi connectivity index (χ2v) is 3.58. The van der Waals surface area contributed by atoms with E-state index in [4.69, 9.17) is 0 Å². The summed E-state index contributed by atoms with van der Waals surface area (Å²) in [5, 5.41) is 8.24. The third kappa shape index (κ3) is 1.61. The molecule has 0 aromatic heterocycles. The Kier molecular flexibility index (Phi) is 2.22. The average molecular weight is 190 g/mol. The van der Waals surface area contributed by atoms with E-state index in [1.807, 2.05) is 28.2 Å². The lowest BCUT2D eigenvalue weighted by molar-refractivity contribution is 0.412. The van der Waals surface area contributed by atoms with Crippen LogP contribution in [-0.2, 0) is 0 Å². The van der Waals surface area contributed by atoms with Crippen molar-refractivity contribution < 1.29 is 0 Å². The van der Waals surface area contributed by atoms with Crippen molar-refractivity contribution in [2.75, 3.05) is 28.2 Å². The highest BCUT2D eigenvalue weighted by Crippen LogP contribution is 2.19. The smallest absolute Gasteiger partial charge is 0.152 e. The summed E-state index contributed by atoms with van der Waals surface area (Å²) in [5.74, 6) is 11.9. The van der Waals surface area contributed by atoms with Crippen molar-refractivity contribution in [1.82, 2.24) is 20.0 Å². The van der Waals surface area contributed by atoms with E-state index in [0.29, 0.717) is 0 Å². The largest absolute Gasteiger partial charge is 0.213 e. The van der Waals surface area contributed by atoms with Crippen molar-refractivity contribution >= 4 is 0 Å². The van der Waals surface area contributed by atoms with E-state index in [-0.39, 0.29) is 12.3 Å². The molecule has 0 aromatic rings. The first kappa shape index (κ1) is 9.51. The van der Waals surface area contributed by atoms with E-state index in [9.17, 15) is 0 Å². The van der Waals surface area contributed by atoms with E-state index < -0.39 is 0 Å². The van der Waals surface area contributed by atoms with Crippen LogP contribution in [0.1, 0.15) is 0 Å². The highest BCUT2D eigenvalue weighted by atomic mass is 15.8. The first-order valence-corrected chi connectivity index (χ1v) is 4.55. The quantitative estimate of drug-likeness (QED) is 0.367. The second-order valence-electron chi connectivity index (χ2n) is 3.58. The Bertz CT molecular complexity index is 304. The zero-order valence-electron chi connectivity index (χ0n) is 8.94. The second kappa shape index (κ2) is 3.27. The van der Waals surface area contributed by atoms with Crippen molar-refractivity contribution in [3.63, 3.8) is 0 Å². The third-order valence-electron chi connectivity index (χ3n) is 2.77. The van der Waals surface area contributed by atoms with E-state index >= 15 is 0 Å². The van der Waals surface area contributed by atoms with Gasteiger partial charge >= 0.3 is 0 Å². The molecule has 0 spiro atoms. The normalized spacial score (nSPS) is 48.3. The van der Waals surface area contributed by atoms with Crippen LogP contribution in [0.25, 0.3) is 0 Å². The van der Waals surface area contributed by atoms with Gasteiger partial charge in [-0.25, -0.2) is 20.0 Å². The number of hydrogen-bond acceptors (Lipinski definition) is 4. The predicted octanol–water partition coefficient (Wildman–Crippen LogP) is -0.770. The van der Waals surface area contributed by atoms with Crippen LogP contribution in [0.3, 0.4) is 0 Å². The molecule has 2 heterocycles. The minimum Gasteiger partial charge on any atom is -0.213 e. The molecular formula is C10H14N4. The van der Waals surface area contributed by atoms with Crippen molar-refractivity contribution in [1.29, 1.82) is 0 Å². The Morgan fingerprint density at radius 2 is 0.929 bits per heavy atom. The van der Waals surface area contributed by atoms with Crippen LogP contribution in [0.5, 0.6) is 0 Å². The minimum atomic E-state index is 0.263. The summed E-state index contributed by atoms with van der Waals surface area (Å²) in [6.45, 7) is 0. The molecule has 0 saturated carbocycles. The molecule has 4 nitrogen and oxygen atoms in total. The highest BCUT2D eigenvalue weighted by molar-refractivity contribution is 5.31. The fraction of sp³-hybridized carbons (Fsp3) is 0.600. The van der Waals surface area contributed by atoms with Gasteiger partial charge in [0.15, 0.2) is 12.3 Å². The Labute approximate surface area is 85.0 Å². The lowest BCUT2D eigenvalue weighted by Gasteiger charge is -1.77. The maximum Gasteiger partial charge on any atom is 0.152 e. The van der Waals surface area contributed by atoms with Crippen LogP contribution in [0, 0.1) is 23.7 Å². The molecule has 4 unspecified atom stereocenters. The third-order valence-corrected chi connectivity index (χ3v) is 2.77. The number of rotatable bonds is 0. The molecule has 14 heavy (non-hydrogen) atoms. The molecular weight excluding hydrogens is 176 g/mol. The van der Waals surface area contributed by atoms with Crippen molar-refractivity contribution in [3.8, 4) is 23.7 Å². The van der Waals surface area contributed by atoms with Crippen LogP contribution >= 0.6 is 0 Å². The molecule has 2 saturated heterocycles. The molecule has 2 fully saturated rings. The summed E-state index contributed by atoms with van der Waals surface area (Å²) in [6.07, 6.45) is 0.526. The average Bonchev–Trinajstić information content (AvgIpc) is 2.93.